The highest BCUT2D eigenvalue weighted by molar-refractivity contribution is 9.09. The van der Waals surface area contributed by atoms with Gasteiger partial charge in [0.05, 0.1) is 5.02 Å². The third-order valence-corrected chi connectivity index (χ3v) is 4.41. The van der Waals surface area contributed by atoms with Crippen LogP contribution in [0.25, 0.3) is 0 Å². The van der Waals surface area contributed by atoms with E-state index in [1.165, 1.54) is 25.7 Å². The van der Waals surface area contributed by atoms with Crippen LogP contribution in [0.4, 0.5) is 4.39 Å². The molecular formula is C14H18BrClFN. The molecule has 1 saturated heterocycles. The highest BCUT2D eigenvalue weighted by Crippen LogP contribution is 2.25. The predicted octanol–water partition coefficient (Wildman–Crippen LogP) is 4.62. The average molecular weight is 335 g/mol. The van der Waals surface area contributed by atoms with Gasteiger partial charge in [0.2, 0.25) is 0 Å². The SMILES string of the molecule is Fc1cc(CN2CCCC2CCCBr)ccc1Cl. The van der Waals surface area contributed by atoms with Gasteiger partial charge in [-0.1, -0.05) is 33.6 Å². The Morgan fingerprint density at radius 3 is 3.00 bits per heavy atom. The predicted molar refractivity (Wildman–Crippen MR) is 77.9 cm³/mol. The van der Waals surface area contributed by atoms with Crippen LogP contribution in [0.5, 0.6) is 0 Å². The lowest BCUT2D eigenvalue weighted by molar-refractivity contribution is 0.233. The van der Waals surface area contributed by atoms with E-state index in [9.17, 15) is 4.39 Å². The molecule has 18 heavy (non-hydrogen) atoms. The molecule has 1 heterocycles. The van der Waals surface area contributed by atoms with E-state index in [0.717, 1.165) is 24.0 Å². The normalized spacial score (nSPS) is 20.5. The molecule has 2 rings (SSSR count). The molecular weight excluding hydrogens is 317 g/mol. The molecule has 1 nitrogen and oxygen atoms in total. The largest absolute Gasteiger partial charge is 0.296 e. The Kier molecular flexibility index (Phi) is 5.46. The summed E-state index contributed by atoms with van der Waals surface area (Å²) in [5.74, 6) is -0.314. The lowest BCUT2D eigenvalue weighted by Gasteiger charge is -2.24. The minimum Gasteiger partial charge on any atom is -0.296 e. The Hall–Kier alpha value is -0.120. The number of hydrogen-bond acceptors (Lipinski definition) is 1. The van der Waals surface area contributed by atoms with E-state index in [4.69, 9.17) is 11.6 Å². The van der Waals surface area contributed by atoms with Crippen molar-refractivity contribution in [2.75, 3.05) is 11.9 Å². The zero-order chi connectivity index (χ0) is 13.0. The van der Waals surface area contributed by atoms with E-state index in [2.05, 4.69) is 20.8 Å². The topological polar surface area (TPSA) is 3.24 Å². The summed E-state index contributed by atoms with van der Waals surface area (Å²) >= 11 is 9.18. The monoisotopic (exact) mass is 333 g/mol. The van der Waals surface area contributed by atoms with Gasteiger partial charge in [0, 0.05) is 17.9 Å². The fourth-order valence-electron chi connectivity index (χ4n) is 2.62. The summed E-state index contributed by atoms with van der Waals surface area (Å²) in [7, 11) is 0. The van der Waals surface area contributed by atoms with Crippen molar-refractivity contribution in [2.24, 2.45) is 0 Å². The van der Waals surface area contributed by atoms with Gasteiger partial charge in [-0.15, -0.1) is 0 Å². The third kappa shape index (κ3) is 3.69. The molecule has 1 fully saturated rings. The van der Waals surface area contributed by atoms with Crippen molar-refractivity contribution >= 4 is 27.5 Å². The lowest BCUT2D eigenvalue weighted by Crippen LogP contribution is -2.28. The molecule has 0 saturated carbocycles. The zero-order valence-corrected chi connectivity index (χ0v) is 12.7. The van der Waals surface area contributed by atoms with E-state index in [1.807, 2.05) is 6.07 Å². The van der Waals surface area contributed by atoms with Crippen molar-refractivity contribution in [1.29, 1.82) is 0 Å². The maximum Gasteiger partial charge on any atom is 0.142 e. The van der Waals surface area contributed by atoms with Gasteiger partial charge >= 0.3 is 0 Å². The number of alkyl halides is 1. The number of benzene rings is 1. The van der Waals surface area contributed by atoms with Crippen LogP contribution < -0.4 is 0 Å². The third-order valence-electron chi connectivity index (χ3n) is 3.54. The van der Waals surface area contributed by atoms with Crippen molar-refractivity contribution < 1.29 is 4.39 Å². The molecule has 0 bridgehead atoms. The molecule has 0 aromatic heterocycles. The Balaban J connectivity index is 1.96. The first-order valence-electron chi connectivity index (χ1n) is 6.44. The number of nitrogens with zero attached hydrogens (tertiary/aromatic N) is 1. The first-order chi connectivity index (χ1) is 8.70. The molecule has 1 unspecified atom stereocenters. The standard InChI is InChI=1S/C14H18BrClFN/c15-7-1-3-12-4-2-8-18(12)10-11-5-6-13(16)14(17)9-11/h5-6,9,12H,1-4,7-8,10H2. The van der Waals surface area contributed by atoms with E-state index in [-0.39, 0.29) is 10.8 Å². The fourth-order valence-corrected chi connectivity index (χ4v) is 3.06. The van der Waals surface area contributed by atoms with Gasteiger partial charge in [0.1, 0.15) is 5.82 Å². The molecule has 4 heteroatoms. The number of hydrogen-bond donors (Lipinski definition) is 0. The average Bonchev–Trinajstić information content (AvgIpc) is 2.79. The van der Waals surface area contributed by atoms with Crippen LogP contribution in [0.1, 0.15) is 31.2 Å². The van der Waals surface area contributed by atoms with Gasteiger partial charge in [0.15, 0.2) is 0 Å². The van der Waals surface area contributed by atoms with Crippen molar-refractivity contribution in [3.8, 4) is 0 Å². The molecule has 100 valence electrons. The van der Waals surface area contributed by atoms with E-state index < -0.39 is 0 Å². The molecule has 0 aliphatic carbocycles. The summed E-state index contributed by atoms with van der Waals surface area (Å²) < 4.78 is 13.4. The molecule has 1 aliphatic heterocycles. The van der Waals surface area contributed by atoms with Crippen LogP contribution in [0.15, 0.2) is 18.2 Å². The summed E-state index contributed by atoms with van der Waals surface area (Å²) in [6.07, 6.45) is 4.95. The number of rotatable bonds is 5. The van der Waals surface area contributed by atoms with Gasteiger partial charge in [-0.2, -0.15) is 0 Å². The molecule has 0 amide bonds. The second-order valence-corrected chi connectivity index (χ2v) is 6.05. The van der Waals surface area contributed by atoms with Crippen molar-refractivity contribution in [3.05, 3.63) is 34.6 Å². The minimum atomic E-state index is -0.314. The highest BCUT2D eigenvalue weighted by atomic mass is 79.9. The lowest BCUT2D eigenvalue weighted by atomic mass is 10.1. The molecule has 0 spiro atoms. The van der Waals surface area contributed by atoms with Gasteiger partial charge < -0.3 is 0 Å². The van der Waals surface area contributed by atoms with Gasteiger partial charge in [-0.3, -0.25) is 4.90 Å². The van der Waals surface area contributed by atoms with Gasteiger partial charge in [0.25, 0.3) is 0 Å². The summed E-state index contributed by atoms with van der Waals surface area (Å²) in [6, 6.07) is 5.78. The van der Waals surface area contributed by atoms with Crippen molar-refractivity contribution in [3.63, 3.8) is 0 Å². The highest BCUT2D eigenvalue weighted by Gasteiger charge is 2.23. The molecule has 1 atom stereocenters. The molecule has 0 radical (unpaired) electrons. The number of halogens is 3. The quantitative estimate of drug-likeness (QED) is 0.710. The zero-order valence-electron chi connectivity index (χ0n) is 10.3. The van der Waals surface area contributed by atoms with Gasteiger partial charge in [-0.05, 0) is 49.9 Å². The smallest absolute Gasteiger partial charge is 0.142 e. The maximum atomic E-state index is 13.4. The van der Waals surface area contributed by atoms with Crippen LogP contribution >= 0.6 is 27.5 Å². The van der Waals surface area contributed by atoms with E-state index in [0.29, 0.717) is 6.04 Å². The fraction of sp³-hybridized carbons (Fsp3) is 0.571. The Morgan fingerprint density at radius 1 is 1.44 bits per heavy atom. The summed E-state index contributed by atoms with van der Waals surface area (Å²) in [4.78, 5) is 2.46. The minimum absolute atomic E-state index is 0.205. The van der Waals surface area contributed by atoms with Crippen LogP contribution in [0.3, 0.4) is 0 Å². The Labute approximate surface area is 121 Å². The van der Waals surface area contributed by atoms with Crippen LogP contribution in [0.2, 0.25) is 5.02 Å². The van der Waals surface area contributed by atoms with Gasteiger partial charge in [-0.25, -0.2) is 4.39 Å². The molecule has 1 aromatic carbocycles. The van der Waals surface area contributed by atoms with Crippen LogP contribution in [-0.4, -0.2) is 22.8 Å². The van der Waals surface area contributed by atoms with E-state index in [1.54, 1.807) is 12.1 Å². The van der Waals surface area contributed by atoms with Crippen molar-refractivity contribution in [1.82, 2.24) is 4.90 Å². The summed E-state index contributed by atoms with van der Waals surface area (Å²) in [5.41, 5.74) is 1.02. The molecule has 1 aliphatic rings. The maximum absolute atomic E-state index is 13.4. The summed E-state index contributed by atoms with van der Waals surface area (Å²) in [5, 5.41) is 1.27. The molecule has 1 aromatic rings. The Morgan fingerprint density at radius 2 is 2.28 bits per heavy atom. The first-order valence-corrected chi connectivity index (χ1v) is 7.94. The van der Waals surface area contributed by atoms with Crippen molar-refractivity contribution in [2.45, 2.75) is 38.3 Å². The Bertz CT molecular complexity index is 399. The summed E-state index contributed by atoms with van der Waals surface area (Å²) in [6.45, 7) is 1.96. The van der Waals surface area contributed by atoms with Crippen LogP contribution in [-0.2, 0) is 6.54 Å². The second-order valence-electron chi connectivity index (χ2n) is 4.85. The molecule has 0 N–H and O–H groups in total. The van der Waals surface area contributed by atoms with Crippen LogP contribution in [0, 0.1) is 5.82 Å². The second kappa shape index (κ2) is 6.88. The number of likely N-dealkylation sites (tertiary alicyclic amines) is 1. The van der Waals surface area contributed by atoms with E-state index >= 15 is 0 Å². The first kappa shape index (κ1) is 14.3.